The van der Waals surface area contributed by atoms with E-state index in [0.29, 0.717) is 38.5 Å². The Labute approximate surface area is 191 Å². The van der Waals surface area contributed by atoms with Crippen molar-refractivity contribution in [2.45, 2.75) is 38.5 Å². The fourth-order valence-electron chi connectivity index (χ4n) is 6.25. The van der Waals surface area contributed by atoms with Gasteiger partial charge in [-0.25, -0.2) is 0 Å². The van der Waals surface area contributed by atoms with Crippen LogP contribution in [0.4, 0.5) is 0 Å². The maximum atomic E-state index is 13.4. The van der Waals surface area contributed by atoms with Crippen molar-refractivity contribution in [1.82, 2.24) is 10.4 Å². The number of nitrogens with one attached hydrogen (secondary N) is 1. The highest BCUT2D eigenvalue weighted by atomic mass is 32.2. The highest BCUT2D eigenvalue weighted by Crippen LogP contribution is 2.60. The molecule has 1 aliphatic heterocycles. The van der Waals surface area contributed by atoms with Gasteiger partial charge in [0, 0.05) is 11.6 Å². The molecule has 0 spiro atoms. The van der Waals surface area contributed by atoms with Gasteiger partial charge in [0.25, 0.3) is 5.91 Å². The molecule has 31 heavy (non-hydrogen) atoms. The molecule has 1 saturated heterocycles. The Morgan fingerprint density at radius 1 is 1.16 bits per heavy atom. The largest absolute Gasteiger partial charge is 0.497 e. The van der Waals surface area contributed by atoms with Gasteiger partial charge < -0.3 is 9.47 Å². The quantitative estimate of drug-likeness (QED) is 0.528. The molecule has 4 bridgehead atoms. The molecular weight excluding hydrogens is 432 g/mol. The summed E-state index contributed by atoms with van der Waals surface area (Å²) in [7, 11) is 3.16. The van der Waals surface area contributed by atoms with Gasteiger partial charge in [0.05, 0.1) is 24.5 Å². The van der Waals surface area contributed by atoms with E-state index in [9.17, 15) is 9.59 Å². The lowest BCUT2D eigenvalue weighted by Crippen LogP contribution is -2.57. The number of thiocarbonyl (C=S) groups is 1. The number of hydrogen-bond acceptors (Lipinski definition) is 6. The predicted molar refractivity (Wildman–Crippen MR) is 123 cm³/mol. The SMILES string of the molecule is COc1ccc(C=C2SC(=S)N(NC(=O)C34CC5CC(CC(C5)C3)C4)C2=O)c(OC)c1. The molecule has 164 valence electrons. The lowest BCUT2D eigenvalue weighted by molar-refractivity contribution is -0.152. The minimum Gasteiger partial charge on any atom is -0.497 e. The summed E-state index contributed by atoms with van der Waals surface area (Å²) >= 11 is 6.63. The second-order valence-corrected chi connectivity index (χ2v) is 10.9. The van der Waals surface area contributed by atoms with Crippen LogP contribution in [0.25, 0.3) is 6.08 Å². The molecule has 8 heteroatoms. The first-order valence-electron chi connectivity index (χ1n) is 10.7. The predicted octanol–water partition coefficient (Wildman–Crippen LogP) is 4.15. The lowest BCUT2D eigenvalue weighted by Gasteiger charge is -2.55. The van der Waals surface area contributed by atoms with E-state index in [1.54, 1.807) is 26.4 Å². The Bertz CT molecular complexity index is 955. The van der Waals surface area contributed by atoms with Crippen LogP contribution in [0.1, 0.15) is 44.1 Å². The third-order valence-corrected chi connectivity index (χ3v) is 8.56. The van der Waals surface area contributed by atoms with Crippen molar-refractivity contribution in [3.8, 4) is 11.5 Å². The van der Waals surface area contributed by atoms with Crippen LogP contribution >= 0.6 is 24.0 Å². The minimum atomic E-state index is -0.332. The number of benzene rings is 1. The normalized spacial score (nSPS) is 32.6. The third kappa shape index (κ3) is 3.63. The van der Waals surface area contributed by atoms with Crippen molar-refractivity contribution >= 4 is 46.2 Å². The summed E-state index contributed by atoms with van der Waals surface area (Å²) in [6.07, 6.45) is 8.37. The summed E-state index contributed by atoms with van der Waals surface area (Å²) in [6, 6.07) is 5.41. The number of thioether (sulfide) groups is 1. The molecule has 5 aliphatic rings. The van der Waals surface area contributed by atoms with E-state index < -0.39 is 0 Å². The number of carbonyl (C=O) groups is 2. The zero-order chi connectivity index (χ0) is 21.8. The third-order valence-electron chi connectivity index (χ3n) is 7.25. The first-order chi connectivity index (χ1) is 14.9. The molecule has 0 unspecified atom stereocenters. The van der Waals surface area contributed by atoms with Crippen molar-refractivity contribution < 1.29 is 19.1 Å². The molecule has 1 heterocycles. The van der Waals surface area contributed by atoms with Crippen LogP contribution in [0, 0.1) is 23.2 Å². The van der Waals surface area contributed by atoms with Crippen molar-refractivity contribution in [3.05, 3.63) is 28.7 Å². The topological polar surface area (TPSA) is 67.9 Å². The van der Waals surface area contributed by atoms with Crippen molar-refractivity contribution in [2.75, 3.05) is 14.2 Å². The molecule has 6 rings (SSSR count). The van der Waals surface area contributed by atoms with Gasteiger partial charge >= 0.3 is 0 Å². The molecule has 0 atom stereocenters. The summed E-state index contributed by atoms with van der Waals surface area (Å²) in [6.45, 7) is 0. The first kappa shape index (κ1) is 20.8. The Balaban J connectivity index is 1.34. The molecule has 4 aliphatic carbocycles. The Hall–Kier alpha value is -2.06. The minimum absolute atomic E-state index is 0.0359. The number of amides is 2. The standard InChI is InChI=1S/C23H26N2O4S2/c1-28-17-4-3-16(18(9-17)29-2)8-19-20(26)25(22(30)31-19)24-21(27)23-10-13-5-14(11-23)7-15(6-13)12-23/h3-4,8-9,13-15H,5-7,10-12H2,1-2H3,(H,24,27). The highest BCUT2D eigenvalue weighted by Gasteiger charge is 2.55. The van der Waals surface area contributed by atoms with Gasteiger partial charge in [0.15, 0.2) is 4.32 Å². The van der Waals surface area contributed by atoms with Crippen LogP contribution in [-0.2, 0) is 9.59 Å². The summed E-state index contributed by atoms with van der Waals surface area (Å²) in [5.41, 5.74) is 3.30. The smallest absolute Gasteiger partial charge is 0.285 e. The van der Waals surface area contributed by atoms with Crippen LogP contribution in [0.3, 0.4) is 0 Å². The molecular formula is C23H26N2O4S2. The highest BCUT2D eigenvalue weighted by molar-refractivity contribution is 8.26. The van der Waals surface area contributed by atoms with Gasteiger partial charge in [-0.3, -0.25) is 15.0 Å². The van der Waals surface area contributed by atoms with E-state index in [2.05, 4.69) is 5.43 Å². The molecule has 1 aromatic rings. The number of hydrazine groups is 1. The lowest BCUT2D eigenvalue weighted by atomic mass is 9.49. The van der Waals surface area contributed by atoms with E-state index in [4.69, 9.17) is 21.7 Å². The van der Waals surface area contributed by atoms with Gasteiger partial charge in [-0.15, -0.1) is 0 Å². The second kappa shape index (κ2) is 7.81. The number of methoxy groups -OCH3 is 2. The Morgan fingerprint density at radius 2 is 1.81 bits per heavy atom. The second-order valence-electron chi connectivity index (χ2n) is 9.26. The molecule has 1 N–H and O–H groups in total. The van der Waals surface area contributed by atoms with Gasteiger partial charge in [-0.05, 0) is 86.7 Å². The van der Waals surface area contributed by atoms with Crippen molar-refractivity contribution in [2.24, 2.45) is 23.2 Å². The van der Waals surface area contributed by atoms with E-state index in [1.807, 2.05) is 12.1 Å². The van der Waals surface area contributed by atoms with Crippen molar-refractivity contribution in [3.63, 3.8) is 0 Å². The molecule has 1 aromatic carbocycles. The summed E-state index contributed by atoms with van der Waals surface area (Å²) in [4.78, 5) is 26.9. The van der Waals surface area contributed by atoms with Crippen molar-refractivity contribution in [1.29, 1.82) is 0 Å². The van der Waals surface area contributed by atoms with Crippen LogP contribution < -0.4 is 14.9 Å². The van der Waals surface area contributed by atoms with Crippen LogP contribution in [0.5, 0.6) is 11.5 Å². The van der Waals surface area contributed by atoms with Crippen LogP contribution in [-0.4, -0.2) is 35.4 Å². The number of ether oxygens (including phenoxy) is 2. The maximum Gasteiger partial charge on any atom is 0.285 e. The van der Waals surface area contributed by atoms with Gasteiger partial charge in [0.2, 0.25) is 5.91 Å². The van der Waals surface area contributed by atoms with E-state index in [1.165, 1.54) is 36.0 Å². The average Bonchev–Trinajstić information content (AvgIpc) is 3.00. The fraction of sp³-hybridized carbons (Fsp3) is 0.522. The number of rotatable bonds is 5. The zero-order valence-electron chi connectivity index (χ0n) is 17.7. The average molecular weight is 459 g/mol. The number of hydrogen-bond donors (Lipinski definition) is 1. The first-order valence-corrected chi connectivity index (χ1v) is 11.9. The van der Waals surface area contributed by atoms with Crippen LogP contribution in [0.15, 0.2) is 23.1 Å². The summed E-state index contributed by atoms with van der Waals surface area (Å²) in [5, 5.41) is 1.25. The van der Waals surface area contributed by atoms with E-state index >= 15 is 0 Å². The van der Waals surface area contributed by atoms with E-state index in [-0.39, 0.29) is 17.2 Å². The number of nitrogens with zero attached hydrogens (tertiary/aromatic N) is 1. The van der Waals surface area contributed by atoms with E-state index in [0.717, 1.165) is 24.8 Å². The molecule has 0 radical (unpaired) electrons. The fourth-order valence-corrected chi connectivity index (χ4v) is 7.42. The van der Waals surface area contributed by atoms with Crippen LogP contribution in [0.2, 0.25) is 0 Å². The molecule has 0 aromatic heterocycles. The summed E-state index contributed by atoms with van der Waals surface area (Å²) in [5.74, 6) is 2.91. The molecule has 5 fully saturated rings. The Morgan fingerprint density at radius 3 is 2.39 bits per heavy atom. The monoisotopic (exact) mass is 458 g/mol. The molecule has 4 saturated carbocycles. The van der Waals surface area contributed by atoms with Gasteiger partial charge in [-0.1, -0.05) is 11.8 Å². The maximum absolute atomic E-state index is 13.4. The molecule has 6 nitrogen and oxygen atoms in total. The summed E-state index contributed by atoms with van der Waals surface area (Å²) < 4.78 is 11.0. The van der Waals surface area contributed by atoms with Gasteiger partial charge in [-0.2, -0.15) is 5.01 Å². The zero-order valence-corrected chi connectivity index (χ0v) is 19.3. The Kier molecular flexibility index (Phi) is 5.25. The number of carbonyl (C=O) groups excluding carboxylic acids is 2. The molecule has 2 amide bonds. The van der Waals surface area contributed by atoms with Gasteiger partial charge in [0.1, 0.15) is 11.5 Å².